The quantitative estimate of drug-likeness (QED) is 0.929. The molecule has 3 nitrogen and oxygen atoms in total. The first-order chi connectivity index (χ1) is 9.00. The Balaban J connectivity index is 3.54. The predicted molar refractivity (Wildman–Crippen MR) is 68.9 cm³/mol. The molecule has 0 bridgehead atoms. The van der Waals surface area contributed by atoms with Gasteiger partial charge in [-0.15, -0.1) is 0 Å². The van der Waals surface area contributed by atoms with Crippen molar-refractivity contribution in [1.29, 1.82) is 0 Å². The van der Waals surface area contributed by atoms with Gasteiger partial charge in [0, 0.05) is 5.92 Å². The minimum Gasteiger partial charge on any atom is -0.393 e. The van der Waals surface area contributed by atoms with Crippen molar-refractivity contribution in [2.75, 3.05) is 0 Å². The highest BCUT2D eigenvalue weighted by molar-refractivity contribution is 7.92. The van der Waals surface area contributed by atoms with E-state index in [2.05, 4.69) is 0 Å². The number of halogens is 3. The summed E-state index contributed by atoms with van der Waals surface area (Å²) in [6.45, 7) is 4.87. The average Bonchev–Trinajstić information content (AvgIpc) is 2.26. The summed E-state index contributed by atoms with van der Waals surface area (Å²) >= 11 is 0. The summed E-state index contributed by atoms with van der Waals surface area (Å²) in [4.78, 5) is -0.785. The Morgan fingerprint density at radius 1 is 1.10 bits per heavy atom. The second-order valence-electron chi connectivity index (χ2n) is 5.00. The van der Waals surface area contributed by atoms with Crippen molar-refractivity contribution in [2.24, 2.45) is 5.92 Å². The zero-order valence-corrected chi connectivity index (χ0v) is 12.2. The Kier molecular flexibility index (Phi) is 4.86. The normalized spacial score (nSPS) is 16.2. The molecule has 0 fully saturated rings. The van der Waals surface area contributed by atoms with Crippen LogP contribution in [0.5, 0.6) is 0 Å². The summed E-state index contributed by atoms with van der Waals surface area (Å²) in [5.74, 6) is -0.900. The highest BCUT2D eigenvalue weighted by atomic mass is 32.2. The molecule has 0 amide bonds. The molecule has 1 aromatic rings. The molecule has 0 radical (unpaired) electrons. The molecular formula is C13H17F3O3S. The molecule has 0 spiro atoms. The van der Waals surface area contributed by atoms with E-state index in [1.54, 1.807) is 13.8 Å². The minimum absolute atomic E-state index is 0.00479. The zero-order chi connectivity index (χ0) is 15.7. The minimum atomic E-state index is -5.43. The standard InChI is InChI=1S/C13H17F3O3S/c1-8(2)12(9(3)17)10-6-4-5-7-11(10)20(18,19)13(14,15)16/h4-9,12,17H,1-3H3. The number of hydrogen-bond acceptors (Lipinski definition) is 3. The van der Waals surface area contributed by atoms with Crippen LogP contribution in [0.3, 0.4) is 0 Å². The van der Waals surface area contributed by atoms with Crippen LogP contribution in [0, 0.1) is 5.92 Å². The van der Waals surface area contributed by atoms with E-state index < -0.39 is 32.3 Å². The van der Waals surface area contributed by atoms with E-state index in [1.807, 2.05) is 0 Å². The monoisotopic (exact) mass is 310 g/mol. The van der Waals surface area contributed by atoms with Crippen molar-refractivity contribution in [2.45, 2.75) is 43.2 Å². The van der Waals surface area contributed by atoms with Crippen LogP contribution in [-0.4, -0.2) is 25.1 Å². The number of aliphatic hydroxyl groups excluding tert-OH is 1. The molecule has 2 atom stereocenters. The van der Waals surface area contributed by atoms with Crippen LogP contribution in [0.4, 0.5) is 13.2 Å². The highest BCUT2D eigenvalue weighted by Gasteiger charge is 2.48. The van der Waals surface area contributed by atoms with Gasteiger partial charge in [0.05, 0.1) is 11.0 Å². The van der Waals surface area contributed by atoms with Crippen LogP contribution in [0.1, 0.15) is 32.3 Å². The van der Waals surface area contributed by atoms with Crippen LogP contribution in [0.2, 0.25) is 0 Å². The van der Waals surface area contributed by atoms with Gasteiger partial charge in [-0.05, 0) is 24.5 Å². The first-order valence-electron chi connectivity index (χ1n) is 6.08. The number of aliphatic hydroxyl groups is 1. The molecule has 0 aliphatic rings. The van der Waals surface area contributed by atoms with E-state index in [0.717, 1.165) is 6.07 Å². The van der Waals surface area contributed by atoms with Gasteiger partial charge in [0.25, 0.3) is 9.84 Å². The largest absolute Gasteiger partial charge is 0.501 e. The van der Waals surface area contributed by atoms with Gasteiger partial charge in [-0.1, -0.05) is 32.0 Å². The van der Waals surface area contributed by atoms with Gasteiger partial charge in [-0.2, -0.15) is 13.2 Å². The molecule has 0 aliphatic carbocycles. The maximum Gasteiger partial charge on any atom is 0.501 e. The molecule has 1 N–H and O–H groups in total. The summed E-state index contributed by atoms with van der Waals surface area (Å²) in [6, 6.07) is 4.94. The number of hydrogen-bond donors (Lipinski definition) is 1. The Labute approximate surface area is 116 Å². The SMILES string of the molecule is CC(C)C(c1ccccc1S(=O)(=O)C(F)(F)F)C(C)O. The van der Waals surface area contributed by atoms with Gasteiger partial charge in [0.1, 0.15) is 0 Å². The van der Waals surface area contributed by atoms with Gasteiger partial charge in [-0.3, -0.25) is 0 Å². The van der Waals surface area contributed by atoms with E-state index in [1.165, 1.54) is 25.1 Å². The van der Waals surface area contributed by atoms with Gasteiger partial charge < -0.3 is 5.11 Å². The topological polar surface area (TPSA) is 54.4 Å². The van der Waals surface area contributed by atoms with Gasteiger partial charge >= 0.3 is 5.51 Å². The van der Waals surface area contributed by atoms with Crippen LogP contribution < -0.4 is 0 Å². The summed E-state index contributed by atoms with van der Waals surface area (Å²) < 4.78 is 61.4. The van der Waals surface area contributed by atoms with Crippen LogP contribution in [-0.2, 0) is 9.84 Å². The van der Waals surface area contributed by atoms with Crippen LogP contribution in [0.15, 0.2) is 29.2 Å². The maximum atomic E-state index is 12.7. The molecule has 0 aliphatic heterocycles. The average molecular weight is 310 g/mol. The summed E-state index contributed by atoms with van der Waals surface area (Å²) in [7, 11) is -5.43. The zero-order valence-electron chi connectivity index (χ0n) is 11.3. The summed E-state index contributed by atoms with van der Waals surface area (Å²) in [6.07, 6.45) is -0.959. The first-order valence-corrected chi connectivity index (χ1v) is 7.56. The van der Waals surface area contributed by atoms with Crippen molar-refractivity contribution < 1.29 is 26.7 Å². The molecule has 0 heterocycles. The lowest BCUT2D eigenvalue weighted by molar-refractivity contribution is -0.0437. The molecule has 0 aromatic heterocycles. The van der Waals surface area contributed by atoms with Gasteiger partial charge in [0.2, 0.25) is 0 Å². The predicted octanol–water partition coefficient (Wildman–Crippen LogP) is 3.10. The van der Waals surface area contributed by atoms with Crippen molar-refractivity contribution in [1.82, 2.24) is 0 Å². The maximum absolute atomic E-state index is 12.7. The molecule has 1 rings (SSSR count). The van der Waals surface area contributed by atoms with E-state index in [0.29, 0.717) is 0 Å². The van der Waals surface area contributed by atoms with Gasteiger partial charge in [-0.25, -0.2) is 8.42 Å². The molecule has 1 aromatic carbocycles. The van der Waals surface area contributed by atoms with Gasteiger partial charge in [0.15, 0.2) is 0 Å². The number of benzene rings is 1. The van der Waals surface area contributed by atoms with Crippen LogP contribution >= 0.6 is 0 Å². The summed E-state index contributed by atoms with van der Waals surface area (Å²) in [5.41, 5.74) is -5.36. The van der Waals surface area contributed by atoms with Crippen molar-refractivity contribution in [3.8, 4) is 0 Å². The van der Waals surface area contributed by atoms with Crippen molar-refractivity contribution in [3.05, 3.63) is 29.8 Å². The number of sulfone groups is 1. The smallest absolute Gasteiger partial charge is 0.393 e. The fraction of sp³-hybridized carbons (Fsp3) is 0.538. The van der Waals surface area contributed by atoms with E-state index >= 15 is 0 Å². The van der Waals surface area contributed by atoms with Crippen LogP contribution in [0.25, 0.3) is 0 Å². The van der Waals surface area contributed by atoms with E-state index in [-0.39, 0.29) is 11.5 Å². The lowest BCUT2D eigenvalue weighted by Crippen LogP contribution is -2.28. The fourth-order valence-corrected chi connectivity index (χ4v) is 3.32. The second kappa shape index (κ2) is 5.73. The lowest BCUT2D eigenvalue weighted by Gasteiger charge is -2.26. The second-order valence-corrected chi connectivity index (χ2v) is 6.91. The molecule has 0 saturated carbocycles. The van der Waals surface area contributed by atoms with E-state index in [4.69, 9.17) is 0 Å². The first kappa shape index (κ1) is 17.0. The molecule has 2 unspecified atom stereocenters. The third kappa shape index (κ3) is 3.15. The molecule has 20 heavy (non-hydrogen) atoms. The highest BCUT2D eigenvalue weighted by Crippen LogP contribution is 2.38. The molecule has 114 valence electrons. The third-order valence-electron chi connectivity index (χ3n) is 3.11. The Hall–Kier alpha value is -1.08. The molecule has 7 heteroatoms. The fourth-order valence-electron chi connectivity index (χ4n) is 2.30. The van der Waals surface area contributed by atoms with Crippen molar-refractivity contribution in [3.63, 3.8) is 0 Å². The Morgan fingerprint density at radius 2 is 1.60 bits per heavy atom. The molecular weight excluding hydrogens is 293 g/mol. The van der Waals surface area contributed by atoms with E-state index in [9.17, 15) is 26.7 Å². The molecule has 0 saturated heterocycles. The number of alkyl halides is 3. The number of rotatable bonds is 4. The lowest BCUT2D eigenvalue weighted by atomic mass is 9.84. The Bertz CT molecular complexity index is 554. The summed E-state index contributed by atoms with van der Waals surface area (Å²) in [5, 5.41) is 9.75. The third-order valence-corrected chi connectivity index (χ3v) is 4.67. The van der Waals surface area contributed by atoms with Crippen molar-refractivity contribution >= 4 is 9.84 Å². The Morgan fingerprint density at radius 3 is 2.00 bits per heavy atom.